The van der Waals surface area contributed by atoms with Crippen molar-refractivity contribution in [1.29, 1.82) is 0 Å². The molecule has 2 fully saturated rings. The summed E-state index contributed by atoms with van der Waals surface area (Å²) in [6.45, 7) is 8.46. The Hall–Kier alpha value is -2.03. The molecule has 7 nitrogen and oxygen atoms in total. The number of hydrogen-bond acceptors (Lipinski definition) is 6. The summed E-state index contributed by atoms with van der Waals surface area (Å²) in [5.41, 5.74) is 1.22. The molecule has 0 saturated carbocycles. The quantitative estimate of drug-likeness (QED) is 0.595. The second-order valence-electron chi connectivity index (χ2n) is 6.68. The van der Waals surface area contributed by atoms with E-state index in [-0.39, 0.29) is 5.92 Å². The molecule has 0 N–H and O–H groups in total. The highest BCUT2D eigenvalue weighted by Gasteiger charge is 2.24. The van der Waals surface area contributed by atoms with Crippen LogP contribution in [0.1, 0.15) is 24.2 Å². The Morgan fingerprint density at radius 1 is 1.00 bits per heavy atom. The first-order valence-electron chi connectivity index (χ1n) is 9.44. The average Bonchev–Trinajstić information content (AvgIpc) is 3.22. The molecule has 0 spiro atoms. The lowest BCUT2D eigenvalue weighted by atomic mass is 10.0. The summed E-state index contributed by atoms with van der Waals surface area (Å²) >= 11 is 1.36. The van der Waals surface area contributed by atoms with Crippen LogP contribution in [0.25, 0.3) is 0 Å². The van der Waals surface area contributed by atoms with Crippen molar-refractivity contribution in [2.45, 2.75) is 12.8 Å². The Bertz CT molecular complexity index is 734. The number of aromatic nitrogens is 2. The van der Waals surface area contributed by atoms with Crippen LogP contribution in [0.5, 0.6) is 0 Å². The monoisotopic (exact) mass is 387 g/mol. The Morgan fingerprint density at radius 3 is 2.19 bits per heavy atom. The fraction of sp³-hybridized carbons (Fsp3) is 0.526. The molecule has 1 unspecified atom stereocenters. The van der Waals surface area contributed by atoms with E-state index < -0.39 is 0 Å². The third-order valence-corrected chi connectivity index (χ3v) is 5.53. The highest BCUT2D eigenvalue weighted by atomic mass is 32.1. The van der Waals surface area contributed by atoms with Crippen LogP contribution in [0.15, 0.2) is 35.3 Å². The summed E-state index contributed by atoms with van der Waals surface area (Å²) in [4.78, 5) is 14.2. The zero-order valence-electron chi connectivity index (χ0n) is 15.6. The highest BCUT2D eigenvalue weighted by molar-refractivity contribution is 7.09. The van der Waals surface area contributed by atoms with Crippen LogP contribution >= 0.6 is 11.5 Å². The summed E-state index contributed by atoms with van der Waals surface area (Å²) in [6.07, 6.45) is 0. The van der Waals surface area contributed by atoms with E-state index in [1.165, 1.54) is 17.1 Å². The van der Waals surface area contributed by atoms with Crippen molar-refractivity contribution in [3.05, 3.63) is 41.7 Å². The van der Waals surface area contributed by atoms with Crippen LogP contribution in [0.3, 0.4) is 0 Å². The van der Waals surface area contributed by atoms with Gasteiger partial charge in [-0.15, -0.1) is 0 Å². The van der Waals surface area contributed by atoms with E-state index in [1.807, 2.05) is 18.2 Å². The highest BCUT2D eigenvalue weighted by Crippen LogP contribution is 2.26. The average molecular weight is 388 g/mol. The van der Waals surface area contributed by atoms with Gasteiger partial charge in [-0.3, -0.25) is 0 Å². The summed E-state index contributed by atoms with van der Waals surface area (Å²) in [7, 11) is 0. The molecule has 2 saturated heterocycles. The minimum absolute atomic E-state index is 0.154. The van der Waals surface area contributed by atoms with Gasteiger partial charge in [0.1, 0.15) is 0 Å². The van der Waals surface area contributed by atoms with Gasteiger partial charge in [-0.2, -0.15) is 9.37 Å². The molecule has 0 amide bonds. The smallest absolute Gasteiger partial charge is 0.232 e. The van der Waals surface area contributed by atoms with Crippen LogP contribution in [-0.2, 0) is 9.47 Å². The summed E-state index contributed by atoms with van der Waals surface area (Å²) in [5.74, 6) is 1.95. The number of benzene rings is 1. The lowest BCUT2D eigenvalue weighted by Crippen LogP contribution is -2.52. The first-order chi connectivity index (χ1) is 13.3. The van der Waals surface area contributed by atoms with E-state index in [1.54, 1.807) is 0 Å². The van der Waals surface area contributed by atoms with Gasteiger partial charge < -0.3 is 19.3 Å². The molecule has 1 atom stereocenters. The lowest BCUT2D eigenvalue weighted by Gasteiger charge is -2.37. The van der Waals surface area contributed by atoms with Crippen LogP contribution in [0.4, 0.5) is 5.13 Å². The molecule has 0 bridgehead atoms. The maximum Gasteiger partial charge on any atom is 0.232 e. The molecule has 144 valence electrons. The SMILES string of the molecule is CC(c1ccccc1)c1nsc(N=C(N2CCOCC2)N2CCOCC2)n1. The first-order valence-corrected chi connectivity index (χ1v) is 10.2. The second kappa shape index (κ2) is 8.77. The van der Waals surface area contributed by atoms with Gasteiger partial charge in [-0.25, -0.2) is 4.98 Å². The van der Waals surface area contributed by atoms with Gasteiger partial charge in [0.15, 0.2) is 5.82 Å². The van der Waals surface area contributed by atoms with E-state index in [0.717, 1.165) is 64.4 Å². The standard InChI is InChI=1S/C19H25N5O2S/c1-15(16-5-3-2-4-6-16)17-20-18(27-22-17)21-19(23-7-11-25-12-8-23)24-9-13-26-14-10-24/h2-6,15H,7-14H2,1H3. The molecular formula is C19H25N5O2S. The minimum atomic E-state index is 0.154. The van der Waals surface area contributed by atoms with E-state index in [4.69, 9.17) is 19.5 Å². The van der Waals surface area contributed by atoms with Gasteiger partial charge in [-0.05, 0) is 5.56 Å². The molecule has 4 rings (SSSR count). The Kier molecular flexibility index (Phi) is 5.96. The van der Waals surface area contributed by atoms with E-state index >= 15 is 0 Å². The van der Waals surface area contributed by atoms with Crippen LogP contribution < -0.4 is 0 Å². The van der Waals surface area contributed by atoms with Crippen molar-refractivity contribution in [2.75, 3.05) is 52.6 Å². The summed E-state index contributed by atoms with van der Waals surface area (Å²) in [5, 5.41) is 0.709. The Balaban J connectivity index is 1.57. The zero-order chi connectivity index (χ0) is 18.5. The van der Waals surface area contributed by atoms with E-state index in [0.29, 0.717) is 5.13 Å². The molecular weight excluding hydrogens is 362 g/mol. The molecule has 2 aromatic rings. The molecule has 8 heteroatoms. The number of ether oxygens (including phenoxy) is 2. The lowest BCUT2D eigenvalue weighted by molar-refractivity contribution is 0.0422. The maximum absolute atomic E-state index is 5.51. The Morgan fingerprint density at radius 2 is 1.59 bits per heavy atom. The summed E-state index contributed by atoms with van der Waals surface area (Å²) in [6, 6.07) is 10.3. The normalized spacial score (nSPS) is 19.0. The largest absolute Gasteiger partial charge is 0.378 e. The number of aliphatic imine (C=N–C) groups is 1. The number of rotatable bonds is 3. The van der Waals surface area contributed by atoms with Crippen LogP contribution in [0, 0.1) is 0 Å². The third kappa shape index (κ3) is 4.45. The molecule has 2 aliphatic heterocycles. The first kappa shape index (κ1) is 18.3. The summed E-state index contributed by atoms with van der Waals surface area (Å²) < 4.78 is 15.6. The van der Waals surface area contributed by atoms with Crippen molar-refractivity contribution in [3.8, 4) is 0 Å². The number of nitrogens with zero attached hydrogens (tertiary/aromatic N) is 5. The van der Waals surface area contributed by atoms with Crippen molar-refractivity contribution < 1.29 is 9.47 Å². The molecule has 0 radical (unpaired) electrons. The van der Waals surface area contributed by atoms with Crippen molar-refractivity contribution in [3.63, 3.8) is 0 Å². The second-order valence-corrected chi connectivity index (χ2v) is 7.41. The molecule has 2 aliphatic rings. The van der Waals surface area contributed by atoms with Crippen LogP contribution in [-0.4, -0.2) is 77.7 Å². The van der Waals surface area contributed by atoms with E-state index in [2.05, 4.69) is 33.2 Å². The van der Waals surface area contributed by atoms with E-state index in [9.17, 15) is 0 Å². The van der Waals surface area contributed by atoms with Gasteiger partial charge in [0.25, 0.3) is 0 Å². The fourth-order valence-electron chi connectivity index (χ4n) is 3.29. The topological polar surface area (TPSA) is 63.1 Å². The predicted octanol–water partition coefficient (Wildman–Crippen LogP) is 2.34. The fourth-order valence-corrected chi connectivity index (χ4v) is 3.92. The van der Waals surface area contributed by atoms with Gasteiger partial charge in [0, 0.05) is 43.6 Å². The van der Waals surface area contributed by atoms with Crippen molar-refractivity contribution in [2.24, 2.45) is 4.99 Å². The number of hydrogen-bond donors (Lipinski definition) is 0. The number of guanidine groups is 1. The molecule has 1 aromatic carbocycles. The van der Waals surface area contributed by atoms with Gasteiger partial charge in [-0.1, -0.05) is 37.3 Å². The number of morpholine rings is 2. The Labute approximate surface area is 163 Å². The van der Waals surface area contributed by atoms with Gasteiger partial charge in [0.2, 0.25) is 11.1 Å². The van der Waals surface area contributed by atoms with Crippen molar-refractivity contribution >= 4 is 22.6 Å². The van der Waals surface area contributed by atoms with Gasteiger partial charge >= 0.3 is 0 Å². The third-order valence-electron chi connectivity index (χ3n) is 4.90. The molecule has 3 heterocycles. The molecule has 0 aliphatic carbocycles. The van der Waals surface area contributed by atoms with Crippen molar-refractivity contribution in [1.82, 2.24) is 19.2 Å². The minimum Gasteiger partial charge on any atom is -0.378 e. The molecule has 1 aromatic heterocycles. The zero-order valence-corrected chi connectivity index (χ0v) is 16.4. The molecule has 27 heavy (non-hydrogen) atoms. The van der Waals surface area contributed by atoms with Crippen LogP contribution in [0.2, 0.25) is 0 Å². The predicted molar refractivity (Wildman–Crippen MR) is 106 cm³/mol. The maximum atomic E-state index is 5.51. The van der Waals surface area contributed by atoms with Gasteiger partial charge in [0.05, 0.1) is 26.4 Å².